The Morgan fingerprint density at radius 2 is 1.89 bits per heavy atom. The average Bonchev–Trinajstić information content (AvgIpc) is 3.60. The highest BCUT2D eigenvalue weighted by molar-refractivity contribution is 7.17. The monoisotopic (exact) mass is 672 g/mol. The lowest BCUT2D eigenvalue weighted by atomic mass is 9.97. The van der Waals surface area contributed by atoms with Crippen LogP contribution in [0.3, 0.4) is 0 Å². The van der Waals surface area contributed by atoms with Gasteiger partial charge in [0.15, 0.2) is 5.69 Å². The van der Waals surface area contributed by atoms with Crippen molar-refractivity contribution in [3.63, 3.8) is 0 Å². The summed E-state index contributed by atoms with van der Waals surface area (Å²) in [5.74, 6) is -0.281. The van der Waals surface area contributed by atoms with Crippen molar-refractivity contribution in [2.24, 2.45) is 0 Å². The molecule has 2 amide bonds. The number of piperidine rings is 1. The van der Waals surface area contributed by atoms with Gasteiger partial charge in [-0.1, -0.05) is 23.7 Å². The molecule has 0 radical (unpaired) electrons. The van der Waals surface area contributed by atoms with Gasteiger partial charge >= 0.3 is 12.3 Å². The molecule has 3 fully saturated rings. The van der Waals surface area contributed by atoms with Crippen LogP contribution in [0, 0.1) is 6.92 Å². The molecule has 0 aliphatic carbocycles. The topological polar surface area (TPSA) is 110 Å². The number of carbonyl (C=O) groups excluding carboxylic acids is 2. The van der Waals surface area contributed by atoms with Crippen LogP contribution < -0.4 is 10.9 Å². The van der Waals surface area contributed by atoms with E-state index in [4.69, 9.17) is 16.3 Å². The summed E-state index contributed by atoms with van der Waals surface area (Å²) in [6, 6.07) is 9.96. The highest BCUT2D eigenvalue weighted by Gasteiger charge is 2.42. The van der Waals surface area contributed by atoms with Crippen LogP contribution in [-0.2, 0) is 17.5 Å². The summed E-state index contributed by atoms with van der Waals surface area (Å²) < 4.78 is 49.3. The molecule has 4 aromatic rings. The molecule has 3 aliphatic rings. The Bertz CT molecular complexity index is 1920. The fourth-order valence-electron chi connectivity index (χ4n) is 6.12. The van der Waals surface area contributed by atoms with E-state index in [1.54, 1.807) is 36.1 Å². The van der Waals surface area contributed by atoms with E-state index in [0.717, 1.165) is 12.0 Å². The van der Waals surface area contributed by atoms with E-state index in [-0.39, 0.29) is 47.3 Å². The van der Waals surface area contributed by atoms with E-state index in [0.29, 0.717) is 71.4 Å². The summed E-state index contributed by atoms with van der Waals surface area (Å²) in [7, 11) is 0. The zero-order valence-corrected chi connectivity index (χ0v) is 26.1. The van der Waals surface area contributed by atoms with E-state index in [1.807, 2.05) is 12.1 Å². The lowest BCUT2D eigenvalue weighted by Crippen LogP contribution is -2.45. The SMILES string of the molecule is Cc1nc2cc(-c3nc(C(F)(F)F)c(C(=O)N4CCC4)s3)c(N[C@H]3CCN4C(=O)OC[C@@H]4C3)cc2c(=O)n1Cc1ccc(Cl)cc1. The molecule has 10 nitrogen and oxygen atoms in total. The Morgan fingerprint density at radius 1 is 1.13 bits per heavy atom. The predicted molar refractivity (Wildman–Crippen MR) is 166 cm³/mol. The fourth-order valence-corrected chi connectivity index (χ4v) is 7.33. The second kappa shape index (κ2) is 11.6. The van der Waals surface area contributed by atoms with Gasteiger partial charge in [0.05, 0.1) is 23.5 Å². The van der Waals surface area contributed by atoms with Crippen LogP contribution in [-0.4, -0.2) is 74.7 Å². The second-order valence-corrected chi connectivity index (χ2v) is 13.2. The maximum absolute atomic E-state index is 14.2. The van der Waals surface area contributed by atoms with Gasteiger partial charge in [0.25, 0.3) is 11.5 Å². The number of benzene rings is 2. The quantitative estimate of drug-likeness (QED) is 0.276. The van der Waals surface area contributed by atoms with E-state index < -0.39 is 22.7 Å². The molecule has 2 aromatic carbocycles. The molecule has 3 aliphatic heterocycles. The minimum atomic E-state index is -4.85. The standard InChI is InChI=1S/C31H28ClF3N6O4S/c1-16-36-24-12-21(27-38-26(31(33,34)35)25(46-27)29(43)39-8-2-9-39)23(37-19-7-10-40-20(11-19)15-45-30(40)44)13-22(24)28(42)41(16)14-17-3-5-18(32)6-4-17/h3-6,12-13,19-20,37H,2,7-11,14-15H2,1H3/t19-,20-/m0/s1. The smallest absolute Gasteiger partial charge is 0.435 e. The third-order valence-electron chi connectivity index (χ3n) is 8.71. The van der Waals surface area contributed by atoms with Crippen molar-refractivity contribution in [3.05, 3.63) is 73.7 Å². The molecule has 15 heteroatoms. The van der Waals surface area contributed by atoms with Crippen molar-refractivity contribution in [2.75, 3.05) is 31.6 Å². The van der Waals surface area contributed by atoms with Gasteiger partial charge in [-0.3, -0.25) is 14.2 Å². The lowest BCUT2D eigenvalue weighted by Gasteiger charge is -2.33. The van der Waals surface area contributed by atoms with Gasteiger partial charge < -0.3 is 19.9 Å². The molecule has 2 atom stereocenters. The Hall–Kier alpha value is -4.17. The third-order valence-corrected chi connectivity index (χ3v) is 10.0. The normalized spacial score (nSPS) is 19.6. The van der Waals surface area contributed by atoms with Gasteiger partial charge in [0.2, 0.25) is 0 Å². The maximum Gasteiger partial charge on any atom is 0.435 e. The van der Waals surface area contributed by atoms with Gasteiger partial charge in [-0.25, -0.2) is 14.8 Å². The number of aryl methyl sites for hydroxylation is 1. The van der Waals surface area contributed by atoms with Crippen LogP contribution in [0.15, 0.2) is 41.2 Å². The van der Waals surface area contributed by atoms with E-state index >= 15 is 0 Å². The van der Waals surface area contributed by atoms with Gasteiger partial charge in [0.1, 0.15) is 22.3 Å². The van der Waals surface area contributed by atoms with E-state index in [1.165, 1.54) is 9.47 Å². The molecule has 2 aromatic heterocycles. The first kappa shape index (κ1) is 30.5. The highest BCUT2D eigenvalue weighted by atomic mass is 35.5. The number of carbonyl (C=O) groups is 2. The molecule has 0 saturated carbocycles. The molecule has 7 rings (SSSR count). The highest BCUT2D eigenvalue weighted by Crippen LogP contribution is 2.42. The van der Waals surface area contributed by atoms with Crippen molar-refractivity contribution in [2.45, 2.75) is 51.0 Å². The Morgan fingerprint density at radius 3 is 2.59 bits per heavy atom. The largest absolute Gasteiger partial charge is 0.447 e. The van der Waals surface area contributed by atoms with E-state index in [9.17, 15) is 27.6 Å². The number of nitrogens with zero attached hydrogens (tertiary/aromatic N) is 5. The summed E-state index contributed by atoms with van der Waals surface area (Å²) in [6.07, 6.45) is -3.38. The number of halogens is 4. The number of thiazole rings is 1. The number of cyclic esters (lactones) is 1. The summed E-state index contributed by atoms with van der Waals surface area (Å²) >= 11 is 6.72. The van der Waals surface area contributed by atoms with E-state index in [2.05, 4.69) is 15.3 Å². The second-order valence-electron chi connectivity index (χ2n) is 11.7. The first-order chi connectivity index (χ1) is 22.0. The number of amides is 2. The first-order valence-corrected chi connectivity index (χ1v) is 16.0. The van der Waals surface area contributed by atoms with Crippen LogP contribution in [0.2, 0.25) is 5.02 Å². The summed E-state index contributed by atoms with van der Waals surface area (Å²) in [5, 5.41) is 4.26. The third kappa shape index (κ3) is 5.57. The minimum absolute atomic E-state index is 0.0118. The van der Waals surface area contributed by atoms with Crippen LogP contribution in [0.5, 0.6) is 0 Å². The zero-order valence-electron chi connectivity index (χ0n) is 24.6. The number of fused-ring (bicyclic) bond motifs is 2. The average molecular weight is 673 g/mol. The molecule has 5 heterocycles. The Kier molecular flexibility index (Phi) is 7.67. The van der Waals surface area contributed by atoms with Crippen molar-refractivity contribution in [1.82, 2.24) is 24.3 Å². The molecule has 240 valence electrons. The number of nitrogens with one attached hydrogen (secondary N) is 1. The summed E-state index contributed by atoms with van der Waals surface area (Å²) in [5.41, 5.74) is 0.274. The van der Waals surface area contributed by atoms with Crippen LogP contribution >= 0.6 is 22.9 Å². The molecule has 1 N–H and O–H groups in total. The molecule has 0 bridgehead atoms. The van der Waals surface area contributed by atoms with Gasteiger partial charge in [0, 0.05) is 41.9 Å². The number of ether oxygens (including phenoxy) is 1. The molecular formula is C31H28ClF3N6O4S. The van der Waals surface area contributed by atoms with Crippen LogP contribution in [0.25, 0.3) is 21.5 Å². The number of rotatable bonds is 6. The van der Waals surface area contributed by atoms with Gasteiger partial charge in [-0.15, -0.1) is 11.3 Å². The number of hydrogen-bond donors (Lipinski definition) is 1. The molecule has 3 saturated heterocycles. The summed E-state index contributed by atoms with van der Waals surface area (Å²) in [4.78, 5) is 50.2. The van der Waals surface area contributed by atoms with Crippen molar-refractivity contribution < 1.29 is 27.5 Å². The Balaban J connectivity index is 1.34. The fraction of sp³-hybridized carbons (Fsp3) is 0.387. The minimum Gasteiger partial charge on any atom is -0.447 e. The first-order valence-electron chi connectivity index (χ1n) is 14.8. The number of alkyl halides is 3. The van der Waals surface area contributed by atoms with Crippen LogP contribution in [0.4, 0.5) is 23.7 Å². The summed E-state index contributed by atoms with van der Waals surface area (Å²) in [6.45, 7) is 3.42. The zero-order chi connectivity index (χ0) is 32.3. The maximum atomic E-state index is 14.2. The number of aromatic nitrogens is 3. The number of likely N-dealkylation sites (tertiary alicyclic amines) is 1. The van der Waals surface area contributed by atoms with Crippen molar-refractivity contribution in [3.8, 4) is 10.6 Å². The van der Waals surface area contributed by atoms with Crippen molar-refractivity contribution in [1.29, 1.82) is 0 Å². The number of anilines is 1. The predicted octanol–water partition coefficient (Wildman–Crippen LogP) is 5.79. The van der Waals surface area contributed by atoms with Crippen LogP contribution in [0.1, 0.15) is 46.0 Å². The molecule has 0 spiro atoms. The van der Waals surface area contributed by atoms with Gasteiger partial charge in [-0.05, 0) is 56.0 Å². The van der Waals surface area contributed by atoms with Gasteiger partial charge in [-0.2, -0.15) is 13.2 Å². The lowest BCUT2D eigenvalue weighted by molar-refractivity contribution is -0.141. The molecular weight excluding hydrogens is 645 g/mol. The Labute approximate surface area is 269 Å². The number of hydrogen-bond acceptors (Lipinski definition) is 8. The van der Waals surface area contributed by atoms with Crippen molar-refractivity contribution >= 4 is 51.5 Å². The molecule has 46 heavy (non-hydrogen) atoms. The molecule has 0 unspecified atom stereocenters.